The van der Waals surface area contributed by atoms with Gasteiger partial charge in [0.2, 0.25) is 5.91 Å². The lowest BCUT2D eigenvalue weighted by Gasteiger charge is -2.10. The zero-order valence-electron chi connectivity index (χ0n) is 18.9. The minimum atomic E-state index is -0.0833. The molecule has 2 aromatic carbocycles. The number of nitrogens with zero attached hydrogens (tertiary/aromatic N) is 3. The average molecular weight is 451 g/mol. The topological polar surface area (TPSA) is 69.0 Å². The molecule has 3 rings (SSSR count). The number of hydrogen-bond acceptors (Lipinski definition) is 5. The summed E-state index contributed by atoms with van der Waals surface area (Å²) in [4.78, 5) is 12.4. The molecule has 1 aromatic heterocycles. The highest BCUT2D eigenvalue weighted by Crippen LogP contribution is 2.21. The van der Waals surface area contributed by atoms with Crippen molar-refractivity contribution in [3.8, 4) is 5.75 Å². The molecule has 1 N–H and O–H groups in total. The van der Waals surface area contributed by atoms with Crippen LogP contribution in [0.5, 0.6) is 5.75 Å². The summed E-state index contributed by atoms with van der Waals surface area (Å²) in [5.74, 6) is 1.64. The maximum absolute atomic E-state index is 12.4. The number of amides is 1. The summed E-state index contributed by atoms with van der Waals surface area (Å²) in [7, 11) is 0. The number of aryl methyl sites for hydroxylation is 3. The van der Waals surface area contributed by atoms with Crippen molar-refractivity contribution in [1.82, 2.24) is 14.8 Å². The van der Waals surface area contributed by atoms with E-state index < -0.39 is 0 Å². The van der Waals surface area contributed by atoms with E-state index in [-0.39, 0.29) is 11.7 Å². The molecule has 6 nitrogen and oxygen atoms in total. The Morgan fingerprint density at radius 2 is 1.97 bits per heavy atom. The van der Waals surface area contributed by atoms with Crippen molar-refractivity contribution in [3.05, 3.63) is 77.6 Å². The molecule has 0 spiro atoms. The second-order valence-electron chi connectivity index (χ2n) is 7.64. The fourth-order valence-electron chi connectivity index (χ4n) is 3.30. The summed E-state index contributed by atoms with van der Waals surface area (Å²) in [6.07, 6.45) is 3.96. The summed E-state index contributed by atoms with van der Waals surface area (Å²) in [5.41, 5.74) is 4.33. The molecular weight excluding hydrogens is 420 g/mol. The first-order valence-electron chi connectivity index (χ1n) is 10.7. The highest BCUT2D eigenvalue weighted by Gasteiger charge is 2.14. The predicted octanol–water partition coefficient (Wildman–Crippen LogP) is 5.34. The van der Waals surface area contributed by atoms with E-state index in [1.165, 1.54) is 22.9 Å². The maximum atomic E-state index is 12.4. The molecular formula is C25H30N4O2S. The minimum Gasteiger partial charge on any atom is -0.486 e. The first-order chi connectivity index (χ1) is 15.5. The standard InChI is InChI=1S/C25H30N4O2S/c1-5-7-20-9-11-21(12-10-20)31-16-23-27-28-25(29(23)14-6-2)32-17-24(30)26-22-13-8-18(3)15-19(22)4/h6,8-13,15H,2,5,7,14,16-17H2,1,3-4H3,(H,26,30). The van der Waals surface area contributed by atoms with Crippen LogP contribution < -0.4 is 10.1 Å². The molecule has 0 fully saturated rings. The van der Waals surface area contributed by atoms with Crippen LogP contribution in [-0.2, 0) is 24.4 Å². The zero-order chi connectivity index (χ0) is 22.9. The van der Waals surface area contributed by atoms with Crippen molar-refractivity contribution in [2.24, 2.45) is 0 Å². The SMILES string of the molecule is C=CCn1c(COc2ccc(CCC)cc2)nnc1SCC(=O)Nc1ccc(C)cc1C. The third kappa shape index (κ3) is 6.47. The molecule has 7 heteroatoms. The first kappa shape index (κ1) is 23.6. The van der Waals surface area contributed by atoms with Gasteiger partial charge >= 0.3 is 0 Å². The number of rotatable bonds is 11. The first-order valence-corrected chi connectivity index (χ1v) is 11.7. The number of carbonyl (C=O) groups is 1. The smallest absolute Gasteiger partial charge is 0.234 e. The van der Waals surface area contributed by atoms with Gasteiger partial charge in [0.25, 0.3) is 0 Å². The van der Waals surface area contributed by atoms with Crippen molar-refractivity contribution in [2.45, 2.75) is 51.9 Å². The molecule has 0 radical (unpaired) electrons. The Labute approximate surface area is 194 Å². The molecule has 0 atom stereocenters. The molecule has 0 aliphatic carbocycles. The van der Waals surface area contributed by atoms with Crippen LogP contribution in [0.3, 0.4) is 0 Å². The summed E-state index contributed by atoms with van der Waals surface area (Å²) in [5, 5.41) is 12.2. The summed E-state index contributed by atoms with van der Waals surface area (Å²) < 4.78 is 7.83. The Balaban J connectivity index is 1.59. The normalized spacial score (nSPS) is 10.7. The summed E-state index contributed by atoms with van der Waals surface area (Å²) >= 11 is 1.35. The molecule has 32 heavy (non-hydrogen) atoms. The van der Waals surface area contributed by atoms with Gasteiger partial charge in [-0.2, -0.15) is 0 Å². The lowest BCUT2D eigenvalue weighted by atomic mass is 10.1. The van der Waals surface area contributed by atoms with Gasteiger partial charge in [0.05, 0.1) is 5.75 Å². The fourth-order valence-corrected chi connectivity index (χ4v) is 4.07. The van der Waals surface area contributed by atoms with Gasteiger partial charge in [0.1, 0.15) is 12.4 Å². The molecule has 0 saturated heterocycles. The van der Waals surface area contributed by atoms with Gasteiger partial charge in [-0.25, -0.2) is 0 Å². The molecule has 0 bridgehead atoms. The highest BCUT2D eigenvalue weighted by atomic mass is 32.2. The quantitative estimate of drug-likeness (QED) is 0.315. The molecule has 0 unspecified atom stereocenters. The van der Waals surface area contributed by atoms with E-state index in [9.17, 15) is 4.79 Å². The number of aromatic nitrogens is 3. The van der Waals surface area contributed by atoms with Gasteiger partial charge in [-0.05, 0) is 49.6 Å². The van der Waals surface area contributed by atoms with Crippen LogP contribution in [0.15, 0.2) is 60.3 Å². The van der Waals surface area contributed by atoms with E-state index in [0.29, 0.717) is 24.1 Å². The molecule has 0 aliphatic heterocycles. The fraction of sp³-hybridized carbons (Fsp3) is 0.320. The number of benzene rings is 2. The average Bonchev–Trinajstić information content (AvgIpc) is 3.16. The predicted molar refractivity (Wildman–Crippen MR) is 130 cm³/mol. The van der Waals surface area contributed by atoms with E-state index >= 15 is 0 Å². The van der Waals surface area contributed by atoms with Crippen LogP contribution in [0.25, 0.3) is 0 Å². The zero-order valence-corrected chi connectivity index (χ0v) is 19.7. The number of carbonyl (C=O) groups excluding carboxylic acids is 1. The Kier molecular flexibility index (Phi) is 8.50. The Bertz CT molecular complexity index is 1060. The van der Waals surface area contributed by atoms with E-state index in [0.717, 1.165) is 29.8 Å². The molecule has 3 aromatic rings. The van der Waals surface area contributed by atoms with Crippen LogP contribution in [0.2, 0.25) is 0 Å². The van der Waals surface area contributed by atoms with E-state index in [1.54, 1.807) is 6.08 Å². The lowest BCUT2D eigenvalue weighted by Crippen LogP contribution is -2.15. The van der Waals surface area contributed by atoms with E-state index in [2.05, 4.69) is 41.1 Å². The van der Waals surface area contributed by atoms with Crippen LogP contribution >= 0.6 is 11.8 Å². The third-order valence-electron chi connectivity index (χ3n) is 4.92. The van der Waals surface area contributed by atoms with Crippen molar-refractivity contribution >= 4 is 23.4 Å². The molecule has 1 amide bonds. The summed E-state index contributed by atoms with van der Waals surface area (Å²) in [6.45, 7) is 10.8. The second kappa shape index (κ2) is 11.5. The number of nitrogens with one attached hydrogen (secondary N) is 1. The minimum absolute atomic E-state index is 0.0833. The molecule has 0 aliphatic rings. The van der Waals surface area contributed by atoms with Gasteiger partial charge < -0.3 is 10.1 Å². The van der Waals surface area contributed by atoms with Gasteiger partial charge in [0, 0.05) is 12.2 Å². The molecule has 0 saturated carbocycles. The largest absolute Gasteiger partial charge is 0.486 e. The Hall–Kier alpha value is -3.06. The van der Waals surface area contributed by atoms with Crippen molar-refractivity contribution in [3.63, 3.8) is 0 Å². The van der Waals surface area contributed by atoms with Crippen LogP contribution in [0.4, 0.5) is 5.69 Å². The molecule has 1 heterocycles. The van der Waals surface area contributed by atoms with E-state index in [4.69, 9.17) is 4.74 Å². The number of anilines is 1. The highest BCUT2D eigenvalue weighted by molar-refractivity contribution is 7.99. The number of allylic oxidation sites excluding steroid dienone is 1. The van der Waals surface area contributed by atoms with Gasteiger partial charge in [0.15, 0.2) is 11.0 Å². The van der Waals surface area contributed by atoms with Gasteiger partial charge in [-0.3, -0.25) is 9.36 Å². The lowest BCUT2D eigenvalue weighted by molar-refractivity contribution is -0.113. The summed E-state index contributed by atoms with van der Waals surface area (Å²) in [6, 6.07) is 14.1. The maximum Gasteiger partial charge on any atom is 0.234 e. The van der Waals surface area contributed by atoms with E-state index in [1.807, 2.05) is 48.7 Å². The van der Waals surface area contributed by atoms with Gasteiger partial charge in [-0.15, -0.1) is 16.8 Å². The number of hydrogen-bond donors (Lipinski definition) is 1. The Morgan fingerprint density at radius 3 is 2.66 bits per heavy atom. The van der Waals surface area contributed by atoms with Crippen molar-refractivity contribution in [2.75, 3.05) is 11.1 Å². The number of thioether (sulfide) groups is 1. The van der Waals surface area contributed by atoms with Crippen LogP contribution in [0, 0.1) is 13.8 Å². The van der Waals surface area contributed by atoms with Crippen molar-refractivity contribution in [1.29, 1.82) is 0 Å². The monoisotopic (exact) mass is 450 g/mol. The van der Waals surface area contributed by atoms with Crippen LogP contribution in [-0.4, -0.2) is 26.4 Å². The number of ether oxygens (including phenoxy) is 1. The Morgan fingerprint density at radius 1 is 1.19 bits per heavy atom. The van der Waals surface area contributed by atoms with Gasteiger partial charge in [-0.1, -0.05) is 61.0 Å². The van der Waals surface area contributed by atoms with Crippen LogP contribution in [0.1, 0.15) is 35.9 Å². The van der Waals surface area contributed by atoms with Crippen molar-refractivity contribution < 1.29 is 9.53 Å². The second-order valence-corrected chi connectivity index (χ2v) is 8.58. The molecule has 168 valence electrons. The third-order valence-corrected chi connectivity index (χ3v) is 5.89.